The fourth-order valence-corrected chi connectivity index (χ4v) is 4.01. The summed E-state index contributed by atoms with van der Waals surface area (Å²) in [6.45, 7) is 5.56. The van der Waals surface area contributed by atoms with Crippen LogP contribution < -0.4 is 5.32 Å². The van der Waals surface area contributed by atoms with Crippen molar-refractivity contribution in [1.82, 2.24) is 5.32 Å². The second kappa shape index (κ2) is 5.52. The summed E-state index contributed by atoms with van der Waals surface area (Å²) in [6.07, 6.45) is 4.01. The van der Waals surface area contributed by atoms with E-state index in [4.69, 9.17) is 11.6 Å². The molecule has 2 unspecified atom stereocenters. The molecule has 1 nitrogen and oxygen atoms in total. The summed E-state index contributed by atoms with van der Waals surface area (Å²) >= 11 is 8.06. The van der Waals surface area contributed by atoms with Crippen LogP contribution in [0.1, 0.15) is 43.9 Å². The van der Waals surface area contributed by atoms with Crippen molar-refractivity contribution in [3.05, 3.63) is 21.3 Å². The van der Waals surface area contributed by atoms with Gasteiger partial charge < -0.3 is 5.32 Å². The summed E-state index contributed by atoms with van der Waals surface area (Å²) in [5.41, 5.74) is 0. The van der Waals surface area contributed by atoms with Crippen molar-refractivity contribution in [1.29, 1.82) is 0 Å². The molecule has 0 amide bonds. The summed E-state index contributed by atoms with van der Waals surface area (Å²) in [5, 5.41) is 6.65. The minimum Gasteiger partial charge on any atom is -0.314 e. The van der Waals surface area contributed by atoms with E-state index in [0.717, 1.165) is 17.5 Å². The predicted molar refractivity (Wildman–Crippen MR) is 72.5 cm³/mol. The van der Waals surface area contributed by atoms with Crippen molar-refractivity contribution in [3.63, 3.8) is 0 Å². The Hall–Kier alpha value is -0.0500. The standard InChI is InChI=1S/C13H20ClNS/c1-9(2)15-8-10-4-3-5-11(10)13-12(14)6-7-16-13/h6-7,9-11,15H,3-5,8H2,1-2H3. The third kappa shape index (κ3) is 2.79. The smallest absolute Gasteiger partial charge is 0.0547 e. The minimum atomic E-state index is 0.583. The first kappa shape index (κ1) is 12.4. The van der Waals surface area contributed by atoms with Crippen LogP contribution in [0.4, 0.5) is 0 Å². The monoisotopic (exact) mass is 257 g/mol. The largest absolute Gasteiger partial charge is 0.314 e. The topological polar surface area (TPSA) is 12.0 Å². The second-order valence-corrected chi connectivity index (χ2v) is 6.35. The van der Waals surface area contributed by atoms with E-state index < -0.39 is 0 Å². The lowest BCUT2D eigenvalue weighted by Crippen LogP contribution is -2.29. The van der Waals surface area contributed by atoms with Gasteiger partial charge in [0.1, 0.15) is 0 Å². The van der Waals surface area contributed by atoms with Gasteiger partial charge in [-0.25, -0.2) is 0 Å². The Morgan fingerprint density at radius 1 is 1.50 bits per heavy atom. The van der Waals surface area contributed by atoms with Crippen LogP contribution >= 0.6 is 22.9 Å². The van der Waals surface area contributed by atoms with Crippen molar-refractivity contribution in [2.75, 3.05) is 6.54 Å². The number of nitrogens with one attached hydrogen (secondary N) is 1. The SMILES string of the molecule is CC(C)NCC1CCCC1c1sccc1Cl. The van der Waals surface area contributed by atoms with Gasteiger partial charge in [0.15, 0.2) is 0 Å². The highest BCUT2D eigenvalue weighted by Crippen LogP contribution is 2.44. The molecule has 0 saturated heterocycles. The van der Waals surface area contributed by atoms with Gasteiger partial charge in [-0.3, -0.25) is 0 Å². The molecule has 0 bridgehead atoms. The van der Waals surface area contributed by atoms with Crippen LogP contribution in [-0.4, -0.2) is 12.6 Å². The number of rotatable bonds is 4. The second-order valence-electron chi connectivity index (χ2n) is 4.99. The lowest BCUT2D eigenvalue weighted by molar-refractivity contribution is 0.426. The van der Waals surface area contributed by atoms with E-state index in [1.165, 1.54) is 24.1 Å². The van der Waals surface area contributed by atoms with Crippen molar-refractivity contribution < 1.29 is 0 Å². The highest BCUT2D eigenvalue weighted by Gasteiger charge is 2.30. The van der Waals surface area contributed by atoms with Crippen LogP contribution in [-0.2, 0) is 0 Å². The van der Waals surface area contributed by atoms with E-state index in [1.54, 1.807) is 0 Å². The molecule has 0 spiro atoms. The zero-order valence-corrected chi connectivity index (χ0v) is 11.6. The number of thiophene rings is 1. The maximum atomic E-state index is 6.24. The first-order valence-corrected chi connectivity index (χ1v) is 7.40. The molecule has 1 aromatic heterocycles. The molecule has 1 fully saturated rings. The van der Waals surface area contributed by atoms with Crippen LogP contribution in [0.15, 0.2) is 11.4 Å². The number of halogens is 1. The van der Waals surface area contributed by atoms with Gasteiger partial charge in [0.05, 0.1) is 5.02 Å². The molecule has 1 saturated carbocycles. The third-order valence-electron chi connectivity index (χ3n) is 3.43. The molecule has 0 aliphatic heterocycles. The van der Waals surface area contributed by atoms with Gasteiger partial charge in [-0.15, -0.1) is 11.3 Å². The van der Waals surface area contributed by atoms with Crippen LogP contribution in [0.25, 0.3) is 0 Å². The molecule has 1 aliphatic carbocycles. The Labute approximate surface area is 107 Å². The van der Waals surface area contributed by atoms with E-state index in [1.807, 2.05) is 17.4 Å². The van der Waals surface area contributed by atoms with Crippen LogP contribution in [0.5, 0.6) is 0 Å². The Bertz CT molecular complexity index is 334. The minimum absolute atomic E-state index is 0.583. The van der Waals surface area contributed by atoms with Gasteiger partial charge in [-0.2, -0.15) is 0 Å². The molecule has 2 atom stereocenters. The van der Waals surface area contributed by atoms with Gasteiger partial charge in [0.25, 0.3) is 0 Å². The molecule has 90 valence electrons. The number of hydrogen-bond donors (Lipinski definition) is 1. The van der Waals surface area contributed by atoms with Crippen molar-refractivity contribution in [2.24, 2.45) is 5.92 Å². The first-order chi connectivity index (χ1) is 7.68. The van der Waals surface area contributed by atoms with Gasteiger partial charge >= 0.3 is 0 Å². The van der Waals surface area contributed by atoms with Crippen molar-refractivity contribution >= 4 is 22.9 Å². The van der Waals surface area contributed by atoms with Gasteiger partial charge in [-0.1, -0.05) is 31.9 Å². The lowest BCUT2D eigenvalue weighted by atomic mass is 9.94. The summed E-state index contributed by atoms with van der Waals surface area (Å²) in [4.78, 5) is 1.41. The summed E-state index contributed by atoms with van der Waals surface area (Å²) in [6, 6.07) is 2.62. The van der Waals surface area contributed by atoms with Gasteiger partial charge in [0, 0.05) is 10.9 Å². The Morgan fingerprint density at radius 3 is 2.94 bits per heavy atom. The fourth-order valence-electron chi connectivity index (χ4n) is 2.58. The molecule has 0 aromatic carbocycles. The Morgan fingerprint density at radius 2 is 2.31 bits per heavy atom. The van der Waals surface area contributed by atoms with E-state index in [-0.39, 0.29) is 0 Å². The molecular formula is C13H20ClNS. The predicted octanol–water partition coefficient (Wildman–Crippen LogP) is 4.28. The van der Waals surface area contributed by atoms with Gasteiger partial charge in [0.2, 0.25) is 0 Å². The molecule has 1 aliphatic rings. The van der Waals surface area contributed by atoms with E-state index in [2.05, 4.69) is 24.5 Å². The number of hydrogen-bond acceptors (Lipinski definition) is 2. The van der Waals surface area contributed by atoms with Crippen molar-refractivity contribution in [2.45, 2.75) is 45.1 Å². The zero-order valence-electron chi connectivity index (χ0n) is 10.0. The molecule has 1 N–H and O–H groups in total. The van der Waals surface area contributed by atoms with E-state index in [0.29, 0.717) is 12.0 Å². The maximum absolute atomic E-state index is 6.24. The zero-order chi connectivity index (χ0) is 11.5. The summed E-state index contributed by atoms with van der Waals surface area (Å²) < 4.78 is 0. The van der Waals surface area contributed by atoms with Crippen molar-refractivity contribution in [3.8, 4) is 0 Å². The van der Waals surface area contributed by atoms with Crippen LogP contribution in [0, 0.1) is 5.92 Å². The summed E-state index contributed by atoms with van der Waals surface area (Å²) in [7, 11) is 0. The quantitative estimate of drug-likeness (QED) is 0.849. The maximum Gasteiger partial charge on any atom is 0.0547 e. The van der Waals surface area contributed by atoms with E-state index in [9.17, 15) is 0 Å². The molecule has 3 heteroatoms. The average Bonchev–Trinajstić information content (AvgIpc) is 2.82. The van der Waals surface area contributed by atoms with Crippen LogP contribution in [0.3, 0.4) is 0 Å². The molecular weight excluding hydrogens is 238 g/mol. The molecule has 16 heavy (non-hydrogen) atoms. The Balaban J connectivity index is 2.01. The Kier molecular flexibility index (Phi) is 4.28. The summed E-state index contributed by atoms with van der Waals surface area (Å²) in [5.74, 6) is 1.47. The first-order valence-electron chi connectivity index (χ1n) is 6.14. The molecule has 0 radical (unpaired) electrons. The molecule has 1 heterocycles. The van der Waals surface area contributed by atoms with Gasteiger partial charge in [-0.05, 0) is 42.7 Å². The lowest BCUT2D eigenvalue weighted by Gasteiger charge is -2.20. The van der Waals surface area contributed by atoms with E-state index >= 15 is 0 Å². The molecule has 1 aromatic rings. The fraction of sp³-hybridized carbons (Fsp3) is 0.692. The van der Waals surface area contributed by atoms with Crippen LogP contribution in [0.2, 0.25) is 5.02 Å². The third-order valence-corrected chi connectivity index (χ3v) is 4.92. The highest BCUT2D eigenvalue weighted by atomic mass is 35.5. The highest BCUT2D eigenvalue weighted by molar-refractivity contribution is 7.10. The normalized spacial score (nSPS) is 25.5. The molecule has 2 rings (SSSR count). The average molecular weight is 258 g/mol.